The molecule has 0 amide bonds. The zero-order valence-corrected chi connectivity index (χ0v) is 15.9. The number of ether oxygens (including phenoxy) is 1. The molecule has 1 aliphatic heterocycles. The molecule has 0 aliphatic carbocycles. The predicted octanol–water partition coefficient (Wildman–Crippen LogP) is 4.01. The Labute approximate surface area is 167 Å². The lowest BCUT2D eigenvalue weighted by Crippen LogP contribution is -2.26. The van der Waals surface area contributed by atoms with E-state index in [2.05, 4.69) is 33.6 Å². The lowest BCUT2D eigenvalue weighted by Gasteiger charge is -2.29. The van der Waals surface area contributed by atoms with Gasteiger partial charge in [0, 0.05) is 46.7 Å². The molecule has 2 aromatic heterocycles. The van der Waals surface area contributed by atoms with E-state index in [0.717, 1.165) is 22.4 Å². The highest BCUT2D eigenvalue weighted by molar-refractivity contribution is 7.80. The Balaban J connectivity index is 1.81. The van der Waals surface area contributed by atoms with Crippen molar-refractivity contribution >= 4 is 23.9 Å². The molecule has 6 nitrogen and oxygen atoms in total. The second-order valence-corrected chi connectivity index (χ2v) is 6.77. The van der Waals surface area contributed by atoms with Crippen molar-refractivity contribution in [2.24, 2.45) is 0 Å². The van der Waals surface area contributed by atoms with E-state index in [-0.39, 0.29) is 0 Å². The summed E-state index contributed by atoms with van der Waals surface area (Å²) in [5.74, 6) is 1.21. The molecule has 0 unspecified atom stereocenters. The van der Waals surface area contributed by atoms with E-state index in [4.69, 9.17) is 9.15 Å². The summed E-state index contributed by atoms with van der Waals surface area (Å²) in [7, 11) is 1.97. The van der Waals surface area contributed by atoms with Gasteiger partial charge in [0.25, 0.3) is 0 Å². The van der Waals surface area contributed by atoms with Crippen molar-refractivity contribution in [1.29, 1.82) is 5.26 Å². The third-order valence-corrected chi connectivity index (χ3v) is 4.66. The van der Waals surface area contributed by atoms with Crippen LogP contribution in [0.4, 0.5) is 0 Å². The van der Waals surface area contributed by atoms with Gasteiger partial charge in [-0.1, -0.05) is 0 Å². The second-order valence-electron chi connectivity index (χ2n) is 6.26. The monoisotopic (exact) mass is 388 g/mol. The van der Waals surface area contributed by atoms with E-state index < -0.39 is 0 Å². The topological polar surface area (TPSA) is 75.2 Å². The average molecular weight is 388 g/mol. The Kier molecular flexibility index (Phi) is 4.87. The predicted molar refractivity (Wildman–Crippen MR) is 107 cm³/mol. The molecule has 0 atom stereocenters. The van der Waals surface area contributed by atoms with Crippen LogP contribution in [0.5, 0.6) is 5.75 Å². The van der Waals surface area contributed by atoms with E-state index in [9.17, 15) is 5.26 Å². The van der Waals surface area contributed by atoms with Crippen LogP contribution in [0, 0.1) is 11.3 Å². The summed E-state index contributed by atoms with van der Waals surface area (Å²) in [5, 5.41) is 9.43. The number of benzene rings is 1. The molecule has 0 fully saturated rings. The maximum atomic E-state index is 9.43. The smallest absolute Gasteiger partial charge is 0.144 e. The molecular weight excluding hydrogens is 372 g/mol. The Bertz CT molecular complexity index is 1100. The summed E-state index contributed by atoms with van der Waals surface area (Å²) in [6.45, 7) is 0.509. The molecule has 1 aliphatic rings. The minimum Gasteiger partial charge on any atom is -0.472 e. The summed E-state index contributed by atoms with van der Waals surface area (Å²) in [6, 6.07) is 9.28. The molecule has 0 spiro atoms. The summed E-state index contributed by atoms with van der Waals surface area (Å²) < 4.78 is 11.5. The van der Waals surface area contributed by atoms with Crippen molar-refractivity contribution in [3.63, 3.8) is 0 Å². The van der Waals surface area contributed by atoms with E-state index in [1.807, 2.05) is 19.2 Å². The van der Waals surface area contributed by atoms with E-state index in [0.29, 0.717) is 28.5 Å². The van der Waals surface area contributed by atoms with Gasteiger partial charge in [0.15, 0.2) is 0 Å². The van der Waals surface area contributed by atoms with E-state index in [1.54, 1.807) is 43.1 Å². The van der Waals surface area contributed by atoms with Gasteiger partial charge in [-0.15, -0.1) is 12.6 Å². The van der Waals surface area contributed by atoms with Crippen LogP contribution in [0.25, 0.3) is 11.3 Å². The van der Waals surface area contributed by atoms with Crippen molar-refractivity contribution in [3.05, 3.63) is 84.0 Å². The van der Waals surface area contributed by atoms with E-state index >= 15 is 0 Å². The number of allylic oxidation sites excluding steroid dienone is 2. The number of hydrogen-bond donors (Lipinski definition) is 1. The van der Waals surface area contributed by atoms with Crippen LogP contribution in [0.2, 0.25) is 0 Å². The highest BCUT2D eigenvalue weighted by atomic mass is 32.1. The van der Waals surface area contributed by atoms with Crippen LogP contribution >= 0.6 is 12.6 Å². The van der Waals surface area contributed by atoms with Crippen molar-refractivity contribution in [1.82, 2.24) is 14.9 Å². The lowest BCUT2D eigenvalue weighted by atomic mass is 10.0. The second kappa shape index (κ2) is 7.62. The van der Waals surface area contributed by atoms with Crippen molar-refractivity contribution in [2.45, 2.75) is 4.90 Å². The first kappa shape index (κ1) is 17.9. The first-order valence-electron chi connectivity index (χ1n) is 8.50. The molecular formula is C21H16N4O2S. The molecule has 1 aromatic carbocycles. The van der Waals surface area contributed by atoms with Crippen LogP contribution in [0.3, 0.4) is 0 Å². The molecule has 0 saturated carbocycles. The summed E-state index contributed by atoms with van der Waals surface area (Å²) in [4.78, 5) is 11.0. The third kappa shape index (κ3) is 3.50. The van der Waals surface area contributed by atoms with Crippen LogP contribution < -0.4 is 4.74 Å². The molecule has 0 N–H and O–H groups in total. The zero-order chi connectivity index (χ0) is 19.5. The standard InChI is InChI=1S/C21H16N4O2S/c1-25-11-21(27-20-3-2-17(28)6-15(20)8-22)18(14-4-5-26-12-14)7-19(25)16-9-23-13-24-10-16/h2-7,9-10,12-13,28H,11H2,1H3. The fraction of sp³-hybridized carbons (Fsp3) is 0.0952. The Hall–Kier alpha value is -3.50. The van der Waals surface area contributed by atoms with Gasteiger partial charge in [0.05, 0.1) is 24.6 Å². The van der Waals surface area contributed by atoms with Gasteiger partial charge in [-0.25, -0.2) is 9.97 Å². The van der Waals surface area contributed by atoms with Gasteiger partial charge >= 0.3 is 0 Å². The summed E-state index contributed by atoms with van der Waals surface area (Å²) >= 11 is 4.29. The zero-order valence-electron chi connectivity index (χ0n) is 15.0. The molecule has 0 bridgehead atoms. The number of nitrogens with zero attached hydrogens (tertiary/aromatic N) is 4. The number of likely N-dealkylation sites (N-methyl/N-ethyl adjacent to an activating group) is 1. The minimum atomic E-state index is 0.431. The molecule has 3 aromatic rings. The quantitative estimate of drug-likeness (QED) is 0.681. The third-order valence-electron chi connectivity index (χ3n) is 4.38. The van der Waals surface area contributed by atoms with Gasteiger partial charge in [0.2, 0.25) is 0 Å². The summed E-state index contributed by atoms with van der Waals surface area (Å²) in [6.07, 6.45) is 10.3. The number of rotatable bonds is 4. The molecule has 7 heteroatoms. The molecule has 3 heterocycles. The van der Waals surface area contributed by atoms with Gasteiger partial charge in [0.1, 0.15) is 23.9 Å². The first-order valence-corrected chi connectivity index (χ1v) is 8.95. The fourth-order valence-electron chi connectivity index (χ4n) is 3.02. The maximum Gasteiger partial charge on any atom is 0.144 e. The van der Waals surface area contributed by atoms with Gasteiger partial charge in [-0.05, 0) is 30.3 Å². The number of furan rings is 1. The summed E-state index contributed by atoms with van der Waals surface area (Å²) in [5.41, 5.74) is 4.07. The van der Waals surface area contributed by atoms with Crippen molar-refractivity contribution in [3.8, 4) is 11.8 Å². The first-order chi connectivity index (χ1) is 13.7. The number of hydrogen-bond acceptors (Lipinski definition) is 7. The highest BCUT2D eigenvalue weighted by Gasteiger charge is 2.23. The van der Waals surface area contributed by atoms with Crippen LogP contribution in [0.1, 0.15) is 16.7 Å². The van der Waals surface area contributed by atoms with Crippen molar-refractivity contribution < 1.29 is 9.15 Å². The van der Waals surface area contributed by atoms with Gasteiger partial charge < -0.3 is 14.1 Å². The highest BCUT2D eigenvalue weighted by Crippen LogP contribution is 2.34. The number of thiol groups is 1. The number of aromatic nitrogens is 2. The SMILES string of the molecule is CN1CC(Oc2ccc(S)cc2C#N)=C(c2ccoc2)C=C1c1cncnc1. The molecule has 4 rings (SSSR count). The normalized spacial score (nSPS) is 13.9. The van der Waals surface area contributed by atoms with Gasteiger partial charge in [-0.3, -0.25) is 0 Å². The molecule has 138 valence electrons. The fourth-order valence-corrected chi connectivity index (χ4v) is 3.23. The number of nitriles is 1. The Morgan fingerprint density at radius 1 is 1.21 bits per heavy atom. The lowest BCUT2D eigenvalue weighted by molar-refractivity contribution is 0.360. The Morgan fingerprint density at radius 2 is 2.04 bits per heavy atom. The molecule has 0 saturated heterocycles. The van der Waals surface area contributed by atoms with E-state index in [1.165, 1.54) is 6.33 Å². The molecule has 28 heavy (non-hydrogen) atoms. The Morgan fingerprint density at radius 3 is 2.75 bits per heavy atom. The van der Waals surface area contributed by atoms with Crippen LogP contribution in [0.15, 0.2) is 76.7 Å². The average Bonchev–Trinajstić information content (AvgIpc) is 3.24. The van der Waals surface area contributed by atoms with Crippen LogP contribution in [-0.2, 0) is 0 Å². The largest absolute Gasteiger partial charge is 0.472 e. The van der Waals surface area contributed by atoms with Crippen molar-refractivity contribution in [2.75, 3.05) is 13.6 Å². The molecule has 0 radical (unpaired) electrons. The van der Waals surface area contributed by atoms with Crippen LogP contribution in [-0.4, -0.2) is 28.5 Å². The minimum absolute atomic E-state index is 0.431. The van der Waals surface area contributed by atoms with Gasteiger partial charge in [-0.2, -0.15) is 5.26 Å². The maximum absolute atomic E-state index is 9.43.